The Hall–Kier alpha value is -3.38. The van der Waals surface area contributed by atoms with Crippen molar-refractivity contribution in [2.45, 2.75) is 6.92 Å². The number of aromatic hydroxyl groups is 1. The summed E-state index contributed by atoms with van der Waals surface area (Å²) in [5.41, 5.74) is 2.08. The van der Waals surface area contributed by atoms with Crippen molar-refractivity contribution >= 4 is 61.3 Å². The van der Waals surface area contributed by atoms with Gasteiger partial charge >= 0.3 is 0 Å². The minimum Gasteiger partial charge on any atom is -0.506 e. The van der Waals surface area contributed by atoms with E-state index in [-0.39, 0.29) is 11.4 Å². The predicted molar refractivity (Wildman–Crippen MR) is 113 cm³/mol. The third-order valence-electron chi connectivity index (χ3n) is 3.80. The van der Waals surface area contributed by atoms with Gasteiger partial charge in [0, 0.05) is 37.9 Å². The molecule has 0 unspecified atom stereocenters. The van der Waals surface area contributed by atoms with Crippen LogP contribution in [0.5, 0.6) is 5.75 Å². The predicted octanol–water partition coefficient (Wildman–Crippen LogP) is 5.45. The molecule has 0 aliphatic carbocycles. The molecule has 0 saturated carbocycles. The molecule has 4 rings (SSSR count). The first-order valence-corrected chi connectivity index (χ1v) is 9.94. The summed E-state index contributed by atoms with van der Waals surface area (Å²) in [6, 6.07) is 6.87. The van der Waals surface area contributed by atoms with Crippen LogP contribution >= 0.6 is 23.1 Å². The molecule has 10 nitrogen and oxygen atoms in total. The van der Waals surface area contributed by atoms with E-state index in [9.17, 15) is 5.11 Å². The van der Waals surface area contributed by atoms with Gasteiger partial charge in [0.2, 0.25) is 5.13 Å². The SMILES string of the molecule is Cc1nsc(/N=N/c2cc(/N=N/c3snc4ncccc34)c(O)cc2N(C)C)n1. The molecule has 3 heterocycles. The van der Waals surface area contributed by atoms with Gasteiger partial charge in [0.05, 0.1) is 11.1 Å². The number of hydrogen-bond acceptors (Lipinski definition) is 12. The summed E-state index contributed by atoms with van der Waals surface area (Å²) in [6.45, 7) is 1.79. The molecule has 3 aromatic heterocycles. The third-order valence-corrected chi connectivity index (χ3v) is 5.23. The number of pyridine rings is 1. The molecule has 0 spiro atoms. The van der Waals surface area contributed by atoms with Crippen molar-refractivity contribution in [3.8, 4) is 5.75 Å². The van der Waals surface area contributed by atoms with E-state index in [0.29, 0.717) is 33.0 Å². The highest BCUT2D eigenvalue weighted by Crippen LogP contribution is 2.41. The molecule has 0 atom stereocenters. The fourth-order valence-corrected chi connectivity index (χ4v) is 3.60. The molecule has 0 bridgehead atoms. The van der Waals surface area contributed by atoms with Crippen LogP contribution in [0, 0.1) is 6.92 Å². The molecule has 0 fully saturated rings. The highest BCUT2D eigenvalue weighted by Gasteiger charge is 2.12. The summed E-state index contributed by atoms with van der Waals surface area (Å²) in [6.07, 6.45) is 1.67. The zero-order valence-electron chi connectivity index (χ0n) is 15.7. The van der Waals surface area contributed by atoms with Crippen molar-refractivity contribution in [2.24, 2.45) is 20.5 Å². The second kappa shape index (κ2) is 7.93. The number of rotatable bonds is 5. The summed E-state index contributed by atoms with van der Waals surface area (Å²) in [7, 11) is 3.70. The van der Waals surface area contributed by atoms with Gasteiger partial charge < -0.3 is 10.0 Å². The average Bonchev–Trinajstić information content (AvgIpc) is 3.31. The minimum atomic E-state index is -0.0184. The zero-order valence-corrected chi connectivity index (χ0v) is 17.3. The molecule has 29 heavy (non-hydrogen) atoms. The number of fused-ring (bicyclic) bond motifs is 1. The van der Waals surface area contributed by atoms with Crippen LogP contribution in [0.4, 0.5) is 27.2 Å². The number of azo groups is 2. The van der Waals surface area contributed by atoms with Crippen LogP contribution in [0.1, 0.15) is 5.82 Å². The van der Waals surface area contributed by atoms with E-state index in [1.807, 2.05) is 31.1 Å². The van der Waals surface area contributed by atoms with E-state index < -0.39 is 0 Å². The zero-order chi connectivity index (χ0) is 20.4. The highest BCUT2D eigenvalue weighted by atomic mass is 32.1. The molecule has 146 valence electrons. The second-order valence-electron chi connectivity index (χ2n) is 6.11. The number of anilines is 1. The first-order valence-electron chi connectivity index (χ1n) is 8.40. The van der Waals surface area contributed by atoms with Gasteiger partial charge in [0.15, 0.2) is 10.6 Å². The van der Waals surface area contributed by atoms with E-state index in [2.05, 4.69) is 39.2 Å². The average molecular weight is 426 g/mol. The van der Waals surface area contributed by atoms with E-state index in [1.54, 1.807) is 25.3 Å². The van der Waals surface area contributed by atoms with Crippen molar-refractivity contribution < 1.29 is 5.11 Å². The molecular weight excluding hydrogens is 410 g/mol. The normalized spacial score (nSPS) is 11.8. The van der Waals surface area contributed by atoms with Crippen LogP contribution < -0.4 is 4.90 Å². The van der Waals surface area contributed by atoms with E-state index in [4.69, 9.17) is 0 Å². The van der Waals surface area contributed by atoms with Crippen molar-refractivity contribution in [2.75, 3.05) is 19.0 Å². The van der Waals surface area contributed by atoms with Gasteiger partial charge in [-0.25, -0.2) is 9.97 Å². The van der Waals surface area contributed by atoms with Gasteiger partial charge in [-0.05, 0) is 36.7 Å². The number of aryl methyl sites for hydroxylation is 1. The molecule has 1 aromatic carbocycles. The summed E-state index contributed by atoms with van der Waals surface area (Å²) in [4.78, 5) is 10.2. The number of benzene rings is 1. The van der Waals surface area contributed by atoms with Gasteiger partial charge in [-0.1, -0.05) is 0 Å². The number of hydrogen-bond donors (Lipinski definition) is 1. The van der Waals surface area contributed by atoms with Crippen LogP contribution in [0.25, 0.3) is 11.0 Å². The van der Waals surface area contributed by atoms with Crippen LogP contribution in [0.2, 0.25) is 0 Å². The molecule has 1 N–H and O–H groups in total. The highest BCUT2D eigenvalue weighted by molar-refractivity contribution is 7.11. The monoisotopic (exact) mass is 425 g/mol. The molecule has 0 aliphatic rings. The maximum Gasteiger partial charge on any atom is 0.249 e. The van der Waals surface area contributed by atoms with E-state index in [1.165, 1.54) is 11.5 Å². The summed E-state index contributed by atoms with van der Waals surface area (Å²) in [5.74, 6) is 0.623. The lowest BCUT2D eigenvalue weighted by atomic mass is 10.2. The smallest absolute Gasteiger partial charge is 0.249 e. The maximum atomic E-state index is 10.4. The molecule has 0 aliphatic heterocycles. The Balaban J connectivity index is 1.70. The first-order chi connectivity index (χ1) is 14.0. The lowest BCUT2D eigenvalue weighted by Crippen LogP contribution is -2.08. The quantitative estimate of drug-likeness (QED) is 0.424. The number of phenolic OH excluding ortho intramolecular Hbond substituents is 1. The Kier molecular flexibility index (Phi) is 5.18. The molecular formula is C17H15N9OS2. The van der Waals surface area contributed by atoms with Gasteiger partial charge in [0.1, 0.15) is 22.9 Å². The van der Waals surface area contributed by atoms with Gasteiger partial charge in [-0.2, -0.15) is 8.75 Å². The van der Waals surface area contributed by atoms with Crippen LogP contribution in [0.15, 0.2) is 50.9 Å². The van der Waals surface area contributed by atoms with Crippen molar-refractivity contribution in [3.05, 3.63) is 36.3 Å². The number of nitrogens with zero attached hydrogens (tertiary/aromatic N) is 9. The number of aromatic nitrogens is 4. The Morgan fingerprint density at radius 3 is 2.59 bits per heavy atom. The molecule has 0 radical (unpaired) electrons. The summed E-state index contributed by atoms with van der Waals surface area (Å²) in [5, 5.41) is 29.1. The summed E-state index contributed by atoms with van der Waals surface area (Å²) < 4.78 is 8.32. The standard InChI is InChI=1S/C17H15N9OS2/c1-9-19-17(29-24-9)23-20-11-7-12(14(27)8-13(11)26(2)3)21-22-16-10-5-4-6-18-15(10)25-28-16/h4-8,27H,1-3H3/b22-21+,23-20+. The van der Waals surface area contributed by atoms with E-state index >= 15 is 0 Å². The fourth-order valence-electron chi connectivity index (χ4n) is 2.44. The van der Waals surface area contributed by atoms with Crippen LogP contribution in [-0.4, -0.2) is 37.9 Å². The second-order valence-corrected chi connectivity index (χ2v) is 7.59. The fraction of sp³-hybridized carbons (Fsp3) is 0.176. The Morgan fingerprint density at radius 2 is 1.83 bits per heavy atom. The van der Waals surface area contributed by atoms with Crippen molar-refractivity contribution in [3.63, 3.8) is 0 Å². The van der Waals surface area contributed by atoms with Crippen LogP contribution in [0.3, 0.4) is 0 Å². The lowest BCUT2D eigenvalue weighted by molar-refractivity contribution is 0.476. The lowest BCUT2D eigenvalue weighted by Gasteiger charge is -2.15. The minimum absolute atomic E-state index is 0.0184. The topological polar surface area (TPSA) is 124 Å². The van der Waals surface area contributed by atoms with Gasteiger partial charge in [-0.3, -0.25) is 0 Å². The largest absolute Gasteiger partial charge is 0.506 e. The first kappa shape index (κ1) is 19.0. The van der Waals surface area contributed by atoms with Crippen LogP contribution in [-0.2, 0) is 0 Å². The summed E-state index contributed by atoms with van der Waals surface area (Å²) >= 11 is 2.35. The molecule has 0 saturated heterocycles. The Bertz CT molecular complexity index is 1230. The van der Waals surface area contributed by atoms with Gasteiger partial charge in [0.25, 0.3) is 0 Å². The van der Waals surface area contributed by atoms with Crippen molar-refractivity contribution in [1.82, 2.24) is 18.7 Å². The Labute approximate surface area is 173 Å². The molecule has 4 aromatic rings. The van der Waals surface area contributed by atoms with Gasteiger partial charge in [-0.15, -0.1) is 20.5 Å². The number of phenols is 1. The van der Waals surface area contributed by atoms with E-state index in [0.717, 1.165) is 16.9 Å². The third kappa shape index (κ3) is 4.07. The molecule has 12 heteroatoms. The maximum absolute atomic E-state index is 10.4. The van der Waals surface area contributed by atoms with Crippen molar-refractivity contribution in [1.29, 1.82) is 0 Å². The molecule has 0 amide bonds. The Morgan fingerprint density at radius 1 is 1.00 bits per heavy atom.